The van der Waals surface area contributed by atoms with Gasteiger partial charge in [-0.2, -0.15) is 0 Å². The van der Waals surface area contributed by atoms with Crippen LogP contribution in [0.5, 0.6) is 0 Å². The molecule has 2 N–H and O–H groups in total. The van der Waals surface area contributed by atoms with Gasteiger partial charge in [-0.1, -0.05) is 20.3 Å². The summed E-state index contributed by atoms with van der Waals surface area (Å²) in [6.45, 7) is 4.58. The molecule has 3 atom stereocenters. The number of hydrogen-bond acceptors (Lipinski definition) is 2. The maximum Gasteiger partial charge on any atom is 0.234 e. The number of carbonyl (C=O) groups excluding carboxylic acids is 1. The number of rotatable bonds is 4. The lowest BCUT2D eigenvalue weighted by molar-refractivity contribution is -0.121. The molecule has 0 radical (unpaired) electrons. The van der Waals surface area contributed by atoms with E-state index in [1.54, 1.807) is 0 Å². The number of carbonyl (C=O) groups is 1. The van der Waals surface area contributed by atoms with Crippen LogP contribution in [0.25, 0.3) is 0 Å². The van der Waals surface area contributed by atoms with Gasteiger partial charge in [0.2, 0.25) is 5.91 Å². The van der Waals surface area contributed by atoms with Gasteiger partial charge in [0.05, 0.1) is 6.54 Å². The Labute approximate surface area is 92.0 Å². The second kappa shape index (κ2) is 4.52. The molecule has 2 saturated carbocycles. The Balaban J connectivity index is 1.71. The maximum atomic E-state index is 11.6. The van der Waals surface area contributed by atoms with E-state index < -0.39 is 0 Å². The Hall–Kier alpha value is -0.570. The minimum Gasteiger partial charge on any atom is -0.352 e. The smallest absolute Gasteiger partial charge is 0.234 e. The molecule has 15 heavy (non-hydrogen) atoms. The molecular formula is C12H22N2O. The summed E-state index contributed by atoms with van der Waals surface area (Å²) >= 11 is 0. The van der Waals surface area contributed by atoms with Crippen LogP contribution in [-0.2, 0) is 4.79 Å². The van der Waals surface area contributed by atoms with E-state index in [9.17, 15) is 4.79 Å². The third-order valence-electron chi connectivity index (χ3n) is 3.76. The van der Waals surface area contributed by atoms with E-state index >= 15 is 0 Å². The second-order valence-corrected chi connectivity index (χ2v) is 5.38. The molecule has 0 saturated heterocycles. The van der Waals surface area contributed by atoms with Gasteiger partial charge in [0.15, 0.2) is 0 Å². The quantitative estimate of drug-likeness (QED) is 0.734. The molecule has 86 valence electrons. The molecule has 0 heterocycles. The Morgan fingerprint density at radius 2 is 2.13 bits per heavy atom. The predicted octanol–water partition coefficient (Wildman–Crippen LogP) is 1.29. The zero-order valence-electron chi connectivity index (χ0n) is 9.75. The second-order valence-electron chi connectivity index (χ2n) is 5.38. The normalized spacial score (nSPS) is 33.7. The fourth-order valence-corrected chi connectivity index (χ4v) is 2.98. The van der Waals surface area contributed by atoms with Gasteiger partial charge in [-0.05, 0) is 31.1 Å². The van der Waals surface area contributed by atoms with E-state index in [2.05, 4.69) is 24.5 Å². The van der Waals surface area contributed by atoms with Gasteiger partial charge in [-0.3, -0.25) is 4.79 Å². The Bertz CT molecular complexity index is 240. The largest absolute Gasteiger partial charge is 0.352 e. The molecule has 0 aromatic carbocycles. The summed E-state index contributed by atoms with van der Waals surface area (Å²) in [6.07, 6.45) is 5.29. The third kappa shape index (κ3) is 2.71. The van der Waals surface area contributed by atoms with Gasteiger partial charge in [0.25, 0.3) is 0 Å². The zero-order chi connectivity index (χ0) is 10.8. The molecule has 0 spiro atoms. The average Bonchev–Trinajstić information content (AvgIpc) is 2.76. The van der Waals surface area contributed by atoms with Crippen molar-refractivity contribution in [3.63, 3.8) is 0 Å². The first kappa shape index (κ1) is 10.9. The van der Waals surface area contributed by atoms with Gasteiger partial charge < -0.3 is 10.6 Å². The molecule has 0 aromatic heterocycles. The summed E-state index contributed by atoms with van der Waals surface area (Å²) in [7, 11) is 0. The van der Waals surface area contributed by atoms with Crippen LogP contribution in [-0.4, -0.2) is 24.5 Å². The molecule has 2 rings (SSSR count). The highest BCUT2D eigenvalue weighted by Gasteiger charge is 2.39. The van der Waals surface area contributed by atoms with E-state index in [-0.39, 0.29) is 5.91 Å². The van der Waals surface area contributed by atoms with Crippen LogP contribution in [0.3, 0.4) is 0 Å². The Morgan fingerprint density at radius 3 is 2.67 bits per heavy atom. The summed E-state index contributed by atoms with van der Waals surface area (Å²) in [5.74, 6) is 1.85. The SMILES string of the molecule is CC(C)NCC(=O)NC1CC2CCC1C2. The fourth-order valence-electron chi connectivity index (χ4n) is 2.98. The Kier molecular flexibility index (Phi) is 3.29. The highest BCUT2D eigenvalue weighted by Crippen LogP contribution is 2.44. The molecule has 0 aromatic rings. The van der Waals surface area contributed by atoms with Crippen molar-refractivity contribution in [2.75, 3.05) is 6.54 Å². The van der Waals surface area contributed by atoms with E-state index in [1.807, 2.05) is 0 Å². The summed E-state index contributed by atoms with van der Waals surface area (Å²) in [5.41, 5.74) is 0. The van der Waals surface area contributed by atoms with Crippen molar-refractivity contribution in [1.29, 1.82) is 0 Å². The van der Waals surface area contributed by atoms with Crippen LogP contribution in [0.15, 0.2) is 0 Å². The van der Waals surface area contributed by atoms with Crippen molar-refractivity contribution in [1.82, 2.24) is 10.6 Å². The van der Waals surface area contributed by atoms with Gasteiger partial charge in [0, 0.05) is 12.1 Å². The molecule has 2 aliphatic carbocycles. The number of hydrogen-bond donors (Lipinski definition) is 2. The van der Waals surface area contributed by atoms with Crippen LogP contribution in [0.1, 0.15) is 39.5 Å². The molecule has 3 unspecified atom stereocenters. The van der Waals surface area contributed by atoms with Crippen molar-refractivity contribution < 1.29 is 4.79 Å². The summed E-state index contributed by atoms with van der Waals surface area (Å²) in [4.78, 5) is 11.6. The van der Waals surface area contributed by atoms with E-state index in [1.165, 1.54) is 25.7 Å². The standard InChI is InChI=1S/C12H22N2O/c1-8(2)13-7-12(15)14-11-6-9-3-4-10(11)5-9/h8-11,13H,3-7H2,1-2H3,(H,14,15). The molecule has 2 fully saturated rings. The molecule has 3 nitrogen and oxygen atoms in total. The minimum absolute atomic E-state index is 0.168. The van der Waals surface area contributed by atoms with E-state index in [0.717, 1.165) is 11.8 Å². The molecule has 1 amide bonds. The van der Waals surface area contributed by atoms with Crippen molar-refractivity contribution in [3.05, 3.63) is 0 Å². The lowest BCUT2D eigenvalue weighted by Gasteiger charge is -2.23. The fraction of sp³-hybridized carbons (Fsp3) is 0.917. The summed E-state index contributed by atoms with van der Waals surface area (Å²) < 4.78 is 0. The highest BCUT2D eigenvalue weighted by molar-refractivity contribution is 5.78. The topological polar surface area (TPSA) is 41.1 Å². The van der Waals surface area contributed by atoms with Crippen LogP contribution in [0, 0.1) is 11.8 Å². The van der Waals surface area contributed by atoms with Gasteiger partial charge in [0.1, 0.15) is 0 Å². The van der Waals surface area contributed by atoms with E-state index in [0.29, 0.717) is 18.6 Å². The van der Waals surface area contributed by atoms with Gasteiger partial charge in [-0.25, -0.2) is 0 Å². The van der Waals surface area contributed by atoms with Crippen molar-refractivity contribution in [2.24, 2.45) is 11.8 Å². The van der Waals surface area contributed by atoms with Crippen molar-refractivity contribution in [2.45, 2.75) is 51.6 Å². The van der Waals surface area contributed by atoms with Crippen molar-refractivity contribution >= 4 is 5.91 Å². The lowest BCUT2D eigenvalue weighted by atomic mass is 9.95. The van der Waals surface area contributed by atoms with E-state index in [4.69, 9.17) is 0 Å². The first-order valence-electron chi connectivity index (χ1n) is 6.18. The molecule has 2 bridgehead atoms. The third-order valence-corrected chi connectivity index (χ3v) is 3.76. The average molecular weight is 210 g/mol. The zero-order valence-corrected chi connectivity index (χ0v) is 9.75. The Morgan fingerprint density at radius 1 is 1.33 bits per heavy atom. The molecular weight excluding hydrogens is 188 g/mol. The molecule has 3 heteroatoms. The lowest BCUT2D eigenvalue weighted by Crippen LogP contribution is -2.44. The number of amides is 1. The van der Waals surface area contributed by atoms with Crippen molar-refractivity contribution in [3.8, 4) is 0 Å². The molecule has 0 aliphatic heterocycles. The van der Waals surface area contributed by atoms with Gasteiger partial charge in [-0.15, -0.1) is 0 Å². The van der Waals surface area contributed by atoms with Crippen LogP contribution in [0.2, 0.25) is 0 Å². The van der Waals surface area contributed by atoms with Crippen LogP contribution in [0.4, 0.5) is 0 Å². The number of nitrogens with one attached hydrogen (secondary N) is 2. The summed E-state index contributed by atoms with van der Waals surface area (Å²) in [5, 5.41) is 6.32. The monoisotopic (exact) mass is 210 g/mol. The maximum absolute atomic E-state index is 11.6. The first-order chi connectivity index (χ1) is 7.15. The highest BCUT2D eigenvalue weighted by atomic mass is 16.2. The first-order valence-corrected chi connectivity index (χ1v) is 6.18. The van der Waals surface area contributed by atoms with Crippen LogP contribution < -0.4 is 10.6 Å². The van der Waals surface area contributed by atoms with Crippen LogP contribution >= 0.6 is 0 Å². The summed E-state index contributed by atoms with van der Waals surface area (Å²) in [6, 6.07) is 0.862. The predicted molar refractivity (Wildman–Crippen MR) is 60.5 cm³/mol. The minimum atomic E-state index is 0.168. The van der Waals surface area contributed by atoms with Gasteiger partial charge >= 0.3 is 0 Å². The number of fused-ring (bicyclic) bond motifs is 2. The molecule has 2 aliphatic rings.